The number of methoxy groups -OCH3 is 3. The molecular weight excluding hydrogens is 438 g/mol. The minimum absolute atomic E-state index is 0.150. The standard InChI is InChI=1S/3C7H13NO3/c3*1-5(7(10)11-4)8(3)6(2)9/h3*5H,1-4H3/t2*5-;/m10./s1. The highest BCUT2D eigenvalue weighted by atomic mass is 16.5. The SMILES string of the molecule is COC(=O)C(C)N(C)C(C)=O.COC(=O)[C@@H](C)N(C)C(C)=O.COC(=O)[C@H](C)N(C)C(C)=O. The van der Waals surface area contributed by atoms with E-state index < -0.39 is 36.0 Å². The minimum atomic E-state index is -0.502. The Labute approximate surface area is 196 Å². The Balaban J connectivity index is -0.000000409. The predicted octanol–water partition coefficient (Wildman–Crippen LogP) is 0.0786. The number of likely N-dealkylation sites (N-methyl/N-ethyl adjacent to an activating group) is 3. The number of carbonyl (C=O) groups excluding carboxylic acids is 6. The molecule has 192 valence electrons. The lowest BCUT2D eigenvalue weighted by atomic mass is 10.3. The molecule has 3 atom stereocenters. The van der Waals surface area contributed by atoms with Gasteiger partial charge in [0.25, 0.3) is 0 Å². The summed E-state index contributed by atoms with van der Waals surface area (Å²) in [5, 5.41) is 0. The van der Waals surface area contributed by atoms with Gasteiger partial charge in [0, 0.05) is 41.9 Å². The first-order valence-corrected chi connectivity index (χ1v) is 9.95. The number of ether oxygens (including phenoxy) is 3. The van der Waals surface area contributed by atoms with E-state index in [1.54, 1.807) is 41.9 Å². The van der Waals surface area contributed by atoms with Crippen LogP contribution in [0.3, 0.4) is 0 Å². The average Bonchev–Trinajstić information content (AvgIpc) is 2.79. The van der Waals surface area contributed by atoms with Gasteiger partial charge >= 0.3 is 17.9 Å². The van der Waals surface area contributed by atoms with Gasteiger partial charge in [0.2, 0.25) is 17.7 Å². The molecule has 0 aromatic heterocycles. The number of esters is 3. The van der Waals surface area contributed by atoms with E-state index in [4.69, 9.17) is 0 Å². The normalized spacial score (nSPS) is 12.0. The number of rotatable bonds is 6. The first-order valence-electron chi connectivity index (χ1n) is 9.95. The van der Waals surface area contributed by atoms with E-state index in [0.29, 0.717) is 0 Å². The van der Waals surface area contributed by atoms with Crippen LogP contribution in [-0.2, 0) is 43.0 Å². The Morgan fingerprint density at radius 1 is 0.485 bits per heavy atom. The molecule has 0 saturated carbocycles. The van der Waals surface area contributed by atoms with Crippen molar-refractivity contribution in [1.29, 1.82) is 0 Å². The van der Waals surface area contributed by atoms with Gasteiger partial charge in [-0.2, -0.15) is 0 Å². The minimum Gasteiger partial charge on any atom is -0.467 e. The fraction of sp³-hybridized carbons (Fsp3) is 0.714. The van der Waals surface area contributed by atoms with E-state index in [2.05, 4.69) is 14.2 Å². The Hall–Kier alpha value is -3.18. The lowest BCUT2D eigenvalue weighted by molar-refractivity contribution is -0.150. The molecule has 0 heterocycles. The second-order valence-corrected chi connectivity index (χ2v) is 6.99. The van der Waals surface area contributed by atoms with Crippen LogP contribution >= 0.6 is 0 Å². The van der Waals surface area contributed by atoms with Gasteiger partial charge in [0.1, 0.15) is 18.1 Å². The molecule has 3 amide bonds. The molecule has 12 nitrogen and oxygen atoms in total. The summed E-state index contributed by atoms with van der Waals surface area (Å²) < 4.78 is 13.4. The molecule has 33 heavy (non-hydrogen) atoms. The molecule has 0 bridgehead atoms. The lowest BCUT2D eigenvalue weighted by Gasteiger charge is -2.20. The summed E-state index contributed by atoms with van der Waals surface area (Å²) in [7, 11) is 8.57. The van der Waals surface area contributed by atoms with Crippen LogP contribution in [-0.4, -0.2) is 111 Å². The zero-order chi connectivity index (χ0) is 27.0. The summed E-state index contributed by atoms with van der Waals surface area (Å²) >= 11 is 0. The number of amides is 3. The molecule has 0 N–H and O–H groups in total. The van der Waals surface area contributed by atoms with Crippen molar-refractivity contribution in [2.45, 2.75) is 59.7 Å². The number of carbonyl (C=O) groups is 6. The summed E-state index contributed by atoms with van der Waals surface area (Å²) in [5.41, 5.74) is 0. The number of hydrogen-bond acceptors (Lipinski definition) is 9. The Morgan fingerprint density at radius 3 is 0.727 bits per heavy atom. The van der Waals surface area contributed by atoms with Gasteiger partial charge in [-0.25, -0.2) is 14.4 Å². The highest BCUT2D eigenvalue weighted by molar-refractivity contribution is 5.83. The quantitative estimate of drug-likeness (QED) is 0.384. The molecule has 0 rings (SSSR count). The van der Waals surface area contributed by atoms with Crippen LogP contribution in [0.2, 0.25) is 0 Å². The van der Waals surface area contributed by atoms with Crippen LogP contribution in [0.5, 0.6) is 0 Å². The highest BCUT2D eigenvalue weighted by Gasteiger charge is 2.21. The van der Waals surface area contributed by atoms with Crippen LogP contribution in [0.15, 0.2) is 0 Å². The van der Waals surface area contributed by atoms with E-state index in [-0.39, 0.29) is 17.7 Å². The Morgan fingerprint density at radius 2 is 0.636 bits per heavy atom. The maximum absolute atomic E-state index is 10.8. The number of nitrogens with zero attached hydrogens (tertiary/aromatic N) is 3. The molecule has 0 aromatic rings. The molecule has 0 radical (unpaired) electrons. The molecule has 0 aliphatic rings. The van der Waals surface area contributed by atoms with Gasteiger partial charge in [-0.05, 0) is 20.8 Å². The van der Waals surface area contributed by atoms with Crippen LogP contribution in [0, 0.1) is 0 Å². The summed E-state index contributed by atoms with van der Waals surface area (Å²) in [5.74, 6) is -1.65. The number of hydrogen-bond donors (Lipinski definition) is 0. The van der Waals surface area contributed by atoms with Crippen molar-refractivity contribution in [3.63, 3.8) is 0 Å². The summed E-state index contributed by atoms with van der Waals surface area (Å²) in [6, 6.07) is -1.51. The molecule has 0 aliphatic carbocycles. The zero-order valence-electron chi connectivity index (χ0n) is 21.7. The molecule has 1 unspecified atom stereocenters. The van der Waals surface area contributed by atoms with Gasteiger partial charge in [0.15, 0.2) is 0 Å². The summed E-state index contributed by atoms with van der Waals surface area (Å²) in [4.78, 5) is 68.7. The third kappa shape index (κ3) is 13.8. The van der Waals surface area contributed by atoms with Gasteiger partial charge in [-0.3, -0.25) is 14.4 Å². The second-order valence-electron chi connectivity index (χ2n) is 6.99. The third-order valence-electron chi connectivity index (χ3n) is 4.86. The van der Waals surface area contributed by atoms with Crippen molar-refractivity contribution in [2.24, 2.45) is 0 Å². The predicted molar refractivity (Wildman–Crippen MR) is 120 cm³/mol. The van der Waals surface area contributed by atoms with E-state index in [9.17, 15) is 28.8 Å². The zero-order valence-corrected chi connectivity index (χ0v) is 21.7. The second kappa shape index (κ2) is 17.4. The van der Waals surface area contributed by atoms with Crippen LogP contribution in [0.25, 0.3) is 0 Å². The van der Waals surface area contributed by atoms with Crippen molar-refractivity contribution in [2.75, 3.05) is 42.5 Å². The van der Waals surface area contributed by atoms with Crippen molar-refractivity contribution >= 4 is 35.6 Å². The summed E-state index contributed by atoms with van der Waals surface area (Å²) in [6.07, 6.45) is 0. The maximum atomic E-state index is 10.8. The largest absolute Gasteiger partial charge is 0.467 e. The van der Waals surface area contributed by atoms with Crippen LogP contribution in [0.1, 0.15) is 41.5 Å². The third-order valence-corrected chi connectivity index (χ3v) is 4.86. The van der Waals surface area contributed by atoms with Crippen molar-refractivity contribution < 1.29 is 43.0 Å². The molecule has 12 heteroatoms. The first-order chi connectivity index (χ1) is 15.0. The topological polar surface area (TPSA) is 140 Å². The van der Waals surface area contributed by atoms with Gasteiger partial charge in [-0.15, -0.1) is 0 Å². The van der Waals surface area contributed by atoms with E-state index in [0.717, 1.165) is 0 Å². The van der Waals surface area contributed by atoms with Crippen LogP contribution < -0.4 is 0 Å². The van der Waals surface area contributed by atoms with Crippen LogP contribution in [0.4, 0.5) is 0 Å². The Bertz CT molecular complexity index is 592. The molecule has 0 aromatic carbocycles. The van der Waals surface area contributed by atoms with Crippen molar-refractivity contribution in [1.82, 2.24) is 14.7 Å². The van der Waals surface area contributed by atoms with E-state index in [1.807, 2.05) is 0 Å². The molecule has 0 spiro atoms. The van der Waals surface area contributed by atoms with Gasteiger partial charge < -0.3 is 28.9 Å². The fourth-order valence-corrected chi connectivity index (χ4v) is 1.80. The summed E-state index contributed by atoms with van der Waals surface area (Å²) in [6.45, 7) is 9.06. The first kappa shape index (κ1) is 34.4. The van der Waals surface area contributed by atoms with Gasteiger partial charge in [0.05, 0.1) is 21.3 Å². The lowest BCUT2D eigenvalue weighted by Crippen LogP contribution is -2.39. The molecular formula is C21H39N3O9. The Kier molecular flexibility index (Phi) is 18.1. The highest BCUT2D eigenvalue weighted by Crippen LogP contribution is 1.98. The van der Waals surface area contributed by atoms with E-state index >= 15 is 0 Å². The smallest absolute Gasteiger partial charge is 0.328 e. The average molecular weight is 478 g/mol. The monoisotopic (exact) mass is 477 g/mol. The fourth-order valence-electron chi connectivity index (χ4n) is 1.80. The molecule has 0 fully saturated rings. The van der Waals surface area contributed by atoms with Crippen molar-refractivity contribution in [3.05, 3.63) is 0 Å². The van der Waals surface area contributed by atoms with Crippen molar-refractivity contribution in [3.8, 4) is 0 Å². The van der Waals surface area contributed by atoms with Gasteiger partial charge in [-0.1, -0.05) is 0 Å². The maximum Gasteiger partial charge on any atom is 0.328 e. The van der Waals surface area contributed by atoms with E-state index in [1.165, 1.54) is 56.8 Å². The molecule has 0 aliphatic heterocycles. The molecule has 0 saturated heterocycles.